The Bertz CT molecular complexity index is 452. The van der Waals surface area contributed by atoms with Gasteiger partial charge >= 0.3 is 6.01 Å². The van der Waals surface area contributed by atoms with Crippen LogP contribution in [0.25, 0.3) is 0 Å². The van der Waals surface area contributed by atoms with Gasteiger partial charge in [0, 0.05) is 25.5 Å². The molecule has 0 radical (unpaired) electrons. The van der Waals surface area contributed by atoms with Gasteiger partial charge in [0.25, 0.3) is 0 Å². The van der Waals surface area contributed by atoms with Crippen molar-refractivity contribution in [3.63, 3.8) is 0 Å². The van der Waals surface area contributed by atoms with E-state index in [1.165, 1.54) is 0 Å². The van der Waals surface area contributed by atoms with Crippen molar-refractivity contribution < 1.29 is 4.42 Å². The second-order valence-electron chi connectivity index (χ2n) is 4.04. The summed E-state index contributed by atoms with van der Waals surface area (Å²) in [6.45, 7) is 3.67. The van der Waals surface area contributed by atoms with Gasteiger partial charge in [-0.1, -0.05) is 5.10 Å². The minimum Gasteiger partial charge on any atom is -0.406 e. The lowest BCUT2D eigenvalue weighted by atomic mass is 10.3. The number of nitrogens with zero attached hydrogens (tertiary/aromatic N) is 4. The Kier molecular flexibility index (Phi) is 4.30. The molecule has 98 valence electrons. The number of anilines is 1. The predicted molar refractivity (Wildman–Crippen MR) is 67.1 cm³/mol. The van der Waals surface area contributed by atoms with Crippen LogP contribution in [-0.4, -0.2) is 33.3 Å². The molecule has 0 spiro atoms. The third-order valence-corrected chi connectivity index (χ3v) is 2.67. The van der Waals surface area contributed by atoms with Crippen LogP contribution >= 0.6 is 0 Å². The van der Waals surface area contributed by atoms with Crippen LogP contribution in [0.2, 0.25) is 0 Å². The molecular weight excluding hydrogens is 232 g/mol. The first-order valence-electron chi connectivity index (χ1n) is 6.00. The molecule has 0 fully saturated rings. The summed E-state index contributed by atoms with van der Waals surface area (Å²) in [6.07, 6.45) is 6.49. The molecule has 0 aromatic carbocycles. The van der Waals surface area contributed by atoms with Gasteiger partial charge in [-0.15, -0.1) is 5.10 Å². The monoisotopic (exact) mass is 250 g/mol. The Morgan fingerprint density at radius 3 is 3.06 bits per heavy atom. The molecule has 18 heavy (non-hydrogen) atoms. The standard InChI is InChI=1S/C11H18N6O/c1-9(12-2)10-15-16-11(18-10)14-4-3-6-17-7-5-13-8-17/h5,7-9,12H,3-4,6H2,1-2H3,(H,14,16). The van der Waals surface area contributed by atoms with Crippen LogP contribution in [-0.2, 0) is 6.54 Å². The second kappa shape index (κ2) is 6.15. The van der Waals surface area contributed by atoms with Gasteiger partial charge in [0.05, 0.1) is 12.4 Å². The van der Waals surface area contributed by atoms with Crippen LogP contribution < -0.4 is 10.6 Å². The lowest BCUT2D eigenvalue weighted by Crippen LogP contribution is -2.12. The largest absolute Gasteiger partial charge is 0.406 e. The van der Waals surface area contributed by atoms with E-state index in [0.29, 0.717) is 11.9 Å². The normalized spacial score (nSPS) is 12.6. The van der Waals surface area contributed by atoms with Crippen LogP contribution in [0.5, 0.6) is 0 Å². The molecule has 0 aliphatic heterocycles. The average Bonchev–Trinajstić information content (AvgIpc) is 3.05. The first kappa shape index (κ1) is 12.6. The average molecular weight is 250 g/mol. The van der Waals surface area contributed by atoms with Crippen LogP contribution in [0.1, 0.15) is 25.3 Å². The number of nitrogens with one attached hydrogen (secondary N) is 2. The van der Waals surface area contributed by atoms with Crippen molar-refractivity contribution in [2.45, 2.75) is 25.9 Å². The summed E-state index contributed by atoms with van der Waals surface area (Å²) in [5, 5.41) is 14.0. The molecule has 0 saturated carbocycles. The molecule has 0 saturated heterocycles. The summed E-state index contributed by atoms with van der Waals surface area (Å²) in [6, 6.07) is 0.539. The zero-order valence-electron chi connectivity index (χ0n) is 10.6. The number of hydrogen-bond donors (Lipinski definition) is 2. The topological polar surface area (TPSA) is 80.8 Å². The van der Waals surface area contributed by atoms with Crippen molar-refractivity contribution in [1.29, 1.82) is 0 Å². The summed E-state index contributed by atoms with van der Waals surface area (Å²) in [4.78, 5) is 3.99. The molecule has 2 heterocycles. The van der Waals surface area contributed by atoms with Crippen molar-refractivity contribution in [3.8, 4) is 0 Å². The molecule has 2 aromatic heterocycles. The van der Waals surface area contributed by atoms with E-state index in [1.54, 1.807) is 12.5 Å². The smallest absolute Gasteiger partial charge is 0.315 e. The van der Waals surface area contributed by atoms with E-state index < -0.39 is 0 Å². The Morgan fingerprint density at radius 2 is 2.33 bits per heavy atom. The summed E-state index contributed by atoms with van der Waals surface area (Å²) in [5.74, 6) is 0.592. The molecule has 1 atom stereocenters. The number of aryl methyl sites for hydroxylation is 1. The predicted octanol–water partition coefficient (Wildman–Crippen LogP) is 1.05. The Balaban J connectivity index is 1.71. The maximum atomic E-state index is 5.46. The molecule has 7 nitrogen and oxygen atoms in total. The van der Waals surface area contributed by atoms with E-state index in [2.05, 4.69) is 25.8 Å². The maximum Gasteiger partial charge on any atom is 0.315 e. The molecule has 0 bridgehead atoms. The van der Waals surface area contributed by atoms with Gasteiger partial charge in [-0.3, -0.25) is 0 Å². The molecule has 2 N–H and O–H groups in total. The Hall–Kier alpha value is -1.89. The van der Waals surface area contributed by atoms with Crippen LogP contribution in [0.3, 0.4) is 0 Å². The summed E-state index contributed by atoms with van der Waals surface area (Å²) >= 11 is 0. The van der Waals surface area contributed by atoms with Gasteiger partial charge in [0.15, 0.2) is 0 Å². The van der Waals surface area contributed by atoms with E-state index in [-0.39, 0.29) is 6.04 Å². The lowest BCUT2D eigenvalue weighted by Gasteiger charge is -2.03. The molecule has 0 aliphatic carbocycles. The van der Waals surface area contributed by atoms with Gasteiger partial charge in [-0.25, -0.2) is 4.98 Å². The van der Waals surface area contributed by atoms with E-state index in [1.807, 2.05) is 24.7 Å². The molecule has 0 amide bonds. The van der Waals surface area contributed by atoms with Crippen molar-refractivity contribution in [3.05, 3.63) is 24.6 Å². The molecule has 7 heteroatoms. The van der Waals surface area contributed by atoms with E-state index >= 15 is 0 Å². The first-order valence-corrected chi connectivity index (χ1v) is 6.00. The van der Waals surface area contributed by atoms with Crippen molar-refractivity contribution >= 4 is 6.01 Å². The van der Waals surface area contributed by atoms with Gasteiger partial charge < -0.3 is 19.6 Å². The number of imidazole rings is 1. The number of rotatable bonds is 7. The third-order valence-electron chi connectivity index (χ3n) is 2.67. The zero-order chi connectivity index (χ0) is 12.8. The van der Waals surface area contributed by atoms with Gasteiger partial charge in [-0.05, 0) is 20.4 Å². The van der Waals surface area contributed by atoms with Crippen LogP contribution in [0.15, 0.2) is 23.1 Å². The van der Waals surface area contributed by atoms with Gasteiger partial charge in [0.1, 0.15) is 0 Å². The highest BCUT2D eigenvalue weighted by atomic mass is 16.4. The SMILES string of the molecule is CNC(C)c1nnc(NCCCn2ccnc2)o1. The van der Waals surface area contributed by atoms with E-state index in [4.69, 9.17) is 4.42 Å². The zero-order valence-corrected chi connectivity index (χ0v) is 10.6. The van der Waals surface area contributed by atoms with Crippen LogP contribution in [0.4, 0.5) is 6.01 Å². The van der Waals surface area contributed by atoms with Crippen molar-refractivity contribution in [1.82, 2.24) is 25.1 Å². The van der Waals surface area contributed by atoms with E-state index in [0.717, 1.165) is 19.5 Å². The minimum absolute atomic E-state index is 0.0685. The van der Waals surface area contributed by atoms with Crippen molar-refractivity contribution in [2.24, 2.45) is 0 Å². The lowest BCUT2D eigenvalue weighted by molar-refractivity contribution is 0.440. The number of hydrogen-bond acceptors (Lipinski definition) is 6. The summed E-state index contributed by atoms with van der Waals surface area (Å²) < 4.78 is 7.49. The quantitative estimate of drug-likeness (QED) is 0.715. The highest BCUT2D eigenvalue weighted by Gasteiger charge is 2.11. The fraction of sp³-hybridized carbons (Fsp3) is 0.545. The maximum absolute atomic E-state index is 5.46. The molecule has 1 unspecified atom stereocenters. The summed E-state index contributed by atoms with van der Waals surface area (Å²) in [5.41, 5.74) is 0. The fourth-order valence-electron chi connectivity index (χ4n) is 1.48. The van der Waals surface area contributed by atoms with Crippen molar-refractivity contribution in [2.75, 3.05) is 18.9 Å². The molecule has 2 aromatic rings. The van der Waals surface area contributed by atoms with Gasteiger partial charge in [0.2, 0.25) is 5.89 Å². The molecule has 0 aliphatic rings. The van der Waals surface area contributed by atoms with E-state index in [9.17, 15) is 0 Å². The third kappa shape index (κ3) is 3.30. The fourth-order valence-corrected chi connectivity index (χ4v) is 1.48. The molecule has 2 rings (SSSR count). The van der Waals surface area contributed by atoms with Gasteiger partial charge in [-0.2, -0.15) is 0 Å². The minimum atomic E-state index is 0.0685. The highest BCUT2D eigenvalue weighted by Crippen LogP contribution is 2.12. The Morgan fingerprint density at radius 1 is 1.44 bits per heavy atom. The van der Waals surface area contributed by atoms with Crippen LogP contribution in [0, 0.1) is 0 Å². The number of aromatic nitrogens is 4. The second-order valence-corrected chi connectivity index (χ2v) is 4.04. The molecular formula is C11H18N6O. The first-order chi connectivity index (χ1) is 8.79. The summed E-state index contributed by atoms with van der Waals surface area (Å²) in [7, 11) is 1.85. The Labute approximate surface area is 106 Å². The highest BCUT2D eigenvalue weighted by molar-refractivity contribution is 5.16.